The topological polar surface area (TPSA) is 49.4 Å². The molecule has 0 aliphatic heterocycles. The van der Waals surface area contributed by atoms with E-state index in [1.165, 1.54) is 19.1 Å². The summed E-state index contributed by atoms with van der Waals surface area (Å²) in [6.07, 6.45) is -4.54. The predicted octanol–water partition coefficient (Wildman–Crippen LogP) is 5.21. The zero-order valence-corrected chi connectivity index (χ0v) is 16.0. The number of carbonyl (C=O) groups is 2. The lowest BCUT2D eigenvalue weighted by Crippen LogP contribution is -2.32. The highest BCUT2D eigenvalue weighted by molar-refractivity contribution is 5.94. The van der Waals surface area contributed by atoms with E-state index in [0.29, 0.717) is 11.6 Å². The fourth-order valence-corrected chi connectivity index (χ4v) is 2.71. The molecule has 0 saturated carbocycles. The van der Waals surface area contributed by atoms with Crippen molar-refractivity contribution in [2.24, 2.45) is 0 Å². The second-order valence-electron chi connectivity index (χ2n) is 6.79. The second kappa shape index (κ2) is 8.91. The Morgan fingerprint density at radius 2 is 1.71 bits per heavy atom. The third kappa shape index (κ3) is 5.84. The first kappa shape index (κ1) is 21.5. The molecule has 0 aliphatic carbocycles. The fraction of sp³-hybridized carbons (Fsp3) is 0.333. The number of halogens is 3. The lowest BCUT2D eigenvalue weighted by Gasteiger charge is -2.22. The quantitative estimate of drug-likeness (QED) is 0.734. The molecule has 28 heavy (non-hydrogen) atoms. The molecule has 0 fully saturated rings. The molecule has 0 unspecified atom stereocenters. The minimum atomic E-state index is -4.50. The summed E-state index contributed by atoms with van der Waals surface area (Å²) in [4.78, 5) is 25.2. The van der Waals surface area contributed by atoms with Crippen LogP contribution in [0.5, 0.6) is 0 Å². The van der Waals surface area contributed by atoms with Crippen LogP contribution in [0.1, 0.15) is 44.2 Å². The first-order chi connectivity index (χ1) is 13.1. The van der Waals surface area contributed by atoms with Gasteiger partial charge in [-0.1, -0.05) is 32.0 Å². The zero-order valence-electron chi connectivity index (χ0n) is 16.0. The average Bonchev–Trinajstić information content (AvgIpc) is 2.61. The van der Waals surface area contributed by atoms with Crippen LogP contribution in [0, 0.1) is 0 Å². The van der Waals surface area contributed by atoms with Gasteiger partial charge in [-0.2, -0.15) is 13.2 Å². The smallest absolute Gasteiger partial charge is 0.326 e. The highest BCUT2D eigenvalue weighted by Crippen LogP contribution is 2.31. The SMILES string of the molecule is CC(=O)N(CCC(=O)Nc1ccc(C(C)C)cc1)c1cccc(C(F)(F)F)c1. The molecule has 4 nitrogen and oxygen atoms in total. The molecule has 0 spiro atoms. The van der Waals surface area contributed by atoms with Gasteiger partial charge in [-0.25, -0.2) is 0 Å². The lowest BCUT2D eigenvalue weighted by atomic mass is 10.0. The molecule has 2 aromatic rings. The molecule has 7 heteroatoms. The average molecular weight is 392 g/mol. The van der Waals surface area contributed by atoms with Gasteiger partial charge in [0.25, 0.3) is 0 Å². The van der Waals surface area contributed by atoms with Crippen molar-refractivity contribution in [3.05, 3.63) is 59.7 Å². The van der Waals surface area contributed by atoms with Crippen LogP contribution in [0.25, 0.3) is 0 Å². The van der Waals surface area contributed by atoms with Gasteiger partial charge in [0.15, 0.2) is 0 Å². The molecule has 1 N–H and O–H groups in total. The van der Waals surface area contributed by atoms with E-state index in [1.54, 1.807) is 12.1 Å². The molecule has 0 aromatic heterocycles. The van der Waals surface area contributed by atoms with Crippen molar-refractivity contribution < 1.29 is 22.8 Å². The van der Waals surface area contributed by atoms with Crippen LogP contribution in [-0.4, -0.2) is 18.4 Å². The Kier molecular flexibility index (Phi) is 6.83. The van der Waals surface area contributed by atoms with Gasteiger partial charge in [-0.3, -0.25) is 9.59 Å². The number of benzene rings is 2. The third-order valence-electron chi connectivity index (χ3n) is 4.29. The second-order valence-corrected chi connectivity index (χ2v) is 6.79. The van der Waals surface area contributed by atoms with Crippen molar-refractivity contribution in [1.82, 2.24) is 0 Å². The monoisotopic (exact) mass is 392 g/mol. The van der Waals surface area contributed by atoms with Crippen molar-refractivity contribution in [2.45, 2.75) is 39.3 Å². The molecule has 2 rings (SSSR count). The third-order valence-corrected chi connectivity index (χ3v) is 4.29. The summed E-state index contributed by atoms with van der Waals surface area (Å²) >= 11 is 0. The van der Waals surface area contributed by atoms with E-state index in [-0.39, 0.29) is 24.6 Å². The van der Waals surface area contributed by atoms with Crippen LogP contribution in [0.4, 0.5) is 24.5 Å². The Morgan fingerprint density at radius 1 is 1.07 bits per heavy atom. The van der Waals surface area contributed by atoms with Gasteiger partial charge in [0.1, 0.15) is 0 Å². The Balaban J connectivity index is 2.03. The molecule has 0 heterocycles. The summed E-state index contributed by atoms with van der Waals surface area (Å²) in [5.41, 5.74) is 1.04. The van der Waals surface area contributed by atoms with Gasteiger partial charge in [-0.15, -0.1) is 0 Å². The normalized spacial score (nSPS) is 11.4. The summed E-state index contributed by atoms with van der Waals surface area (Å²) in [6, 6.07) is 11.9. The fourth-order valence-electron chi connectivity index (χ4n) is 2.71. The lowest BCUT2D eigenvalue weighted by molar-refractivity contribution is -0.137. The molecule has 0 aliphatic rings. The maximum absolute atomic E-state index is 12.9. The predicted molar refractivity (Wildman–Crippen MR) is 103 cm³/mol. The van der Waals surface area contributed by atoms with Crippen molar-refractivity contribution in [2.75, 3.05) is 16.8 Å². The van der Waals surface area contributed by atoms with Crippen LogP contribution < -0.4 is 10.2 Å². The van der Waals surface area contributed by atoms with Crippen molar-refractivity contribution >= 4 is 23.2 Å². The van der Waals surface area contributed by atoms with Gasteiger partial charge < -0.3 is 10.2 Å². The van der Waals surface area contributed by atoms with E-state index in [0.717, 1.165) is 22.6 Å². The number of amides is 2. The number of anilines is 2. The van der Waals surface area contributed by atoms with Gasteiger partial charge in [0, 0.05) is 31.3 Å². The highest BCUT2D eigenvalue weighted by Gasteiger charge is 2.31. The first-order valence-corrected chi connectivity index (χ1v) is 8.93. The van der Waals surface area contributed by atoms with Gasteiger partial charge in [0.05, 0.1) is 5.56 Å². The summed E-state index contributed by atoms with van der Waals surface area (Å²) in [7, 11) is 0. The zero-order chi connectivity index (χ0) is 20.9. The van der Waals surface area contributed by atoms with E-state index in [4.69, 9.17) is 0 Å². The Bertz CT molecular complexity index is 830. The number of carbonyl (C=O) groups excluding carboxylic acids is 2. The number of alkyl halides is 3. The molecule has 0 radical (unpaired) electrons. The maximum Gasteiger partial charge on any atom is 0.416 e. The maximum atomic E-state index is 12.9. The summed E-state index contributed by atoms with van der Waals surface area (Å²) in [5.74, 6) is -0.384. The number of nitrogens with one attached hydrogen (secondary N) is 1. The van der Waals surface area contributed by atoms with Gasteiger partial charge in [-0.05, 0) is 41.8 Å². The molecule has 0 atom stereocenters. The standard InChI is InChI=1S/C21H23F3N2O2/c1-14(2)16-7-9-18(10-8-16)25-20(28)11-12-26(15(3)27)19-6-4-5-17(13-19)21(22,23)24/h4-10,13-14H,11-12H2,1-3H3,(H,25,28). The number of hydrogen-bond donors (Lipinski definition) is 1. The van der Waals surface area contributed by atoms with E-state index >= 15 is 0 Å². The van der Waals surface area contributed by atoms with Crippen LogP contribution in [0.3, 0.4) is 0 Å². The van der Waals surface area contributed by atoms with E-state index in [9.17, 15) is 22.8 Å². The van der Waals surface area contributed by atoms with E-state index < -0.39 is 17.6 Å². The first-order valence-electron chi connectivity index (χ1n) is 8.93. The van der Waals surface area contributed by atoms with Crippen molar-refractivity contribution in [3.8, 4) is 0 Å². The molecular weight excluding hydrogens is 369 g/mol. The van der Waals surface area contributed by atoms with Crippen LogP contribution in [-0.2, 0) is 15.8 Å². The Morgan fingerprint density at radius 3 is 2.25 bits per heavy atom. The van der Waals surface area contributed by atoms with Gasteiger partial charge in [0.2, 0.25) is 11.8 Å². The molecule has 2 amide bonds. The van der Waals surface area contributed by atoms with Crippen LogP contribution in [0.15, 0.2) is 48.5 Å². The largest absolute Gasteiger partial charge is 0.416 e. The van der Waals surface area contributed by atoms with Crippen molar-refractivity contribution in [1.29, 1.82) is 0 Å². The molecule has 2 aromatic carbocycles. The van der Waals surface area contributed by atoms with E-state index in [2.05, 4.69) is 19.2 Å². The highest BCUT2D eigenvalue weighted by atomic mass is 19.4. The van der Waals surface area contributed by atoms with Crippen LogP contribution in [0.2, 0.25) is 0 Å². The number of hydrogen-bond acceptors (Lipinski definition) is 2. The molecule has 0 bridgehead atoms. The number of nitrogens with zero attached hydrogens (tertiary/aromatic N) is 1. The molecule has 150 valence electrons. The summed E-state index contributed by atoms with van der Waals surface area (Å²) in [5, 5.41) is 2.73. The Labute approximate surface area is 162 Å². The van der Waals surface area contributed by atoms with Gasteiger partial charge >= 0.3 is 6.18 Å². The minimum absolute atomic E-state index is 0.0213. The molecule has 0 saturated heterocycles. The van der Waals surface area contributed by atoms with Crippen molar-refractivity contribution in [3.63, 3.8) is 0 Å². The Hall–Kier alpha value is -2.83. The van der Waals surface area contributed by atoms with Crippen LogP contribution >= 0.6 is 0 Å². The summed E-state index contributed by atoms with van der Waals surface area (Å²) in [6.45, 7) is 5.37. The van der Waals surface area contributed by atoms with E-state index in [1.807, 2.05) is 12.1 Å². The summed E-state index contributed by atoms with van der Waals surface area (Å²) < 4.78 is 38.7. The number of rotatable bonds is 6. The molecular formula is C21H23F3N2O2. The minimum Gasteiger partial charge on any atom is -0.326 e.